The fourth-order valence-corrected chi connectivity index (χ4v) is 3.02. The lowest BCUT2D eigenvalue weighted by molar-refractivity contribution is 0.263. The molecule has 1 aliphatic rings. The molecule has 0 saturated carbocycles. The molecule has 0 aromatic carbocycles. The van der Waals surface area contributed by atoms with Crippen molar-refractivity contribution in [2.75, 3.05) is 18.0 Å². The highest BCUT2D eigenvalue weighted by Gasteiger charge is 2.33. The third-order valence-corrected chi connectivity index (χ3v) is 4.60. The number of thiocarbonyl (C=S) groups is 1. The lowest BCUT2D eigenvalue weighted by atomic mass is 9.80. The van der Waals surface area contributed by atoms with E-state index in [0.29, 0.717) is 16.3 Å². The van der Waals surface area contributed by atoms with Crippen LogP contribution < -0.4 is 10.6 Å². The predicted molar refractivity (Wildman–Crippen MR) is 87.2 cm³/mol. The molecule has 0 radical (unpaired) electrons. The average molecular weight is 292 g/mol. The molecule has 1 unspecified atom stereocenters. The number of nitrogens with zero attached hydrogens (tertiary/aromatic N) is 3. The van der Waals surface area contributed by atoms with Crippen molar-refractivity contribution >= 4 is 23.0 Å². The first-order valence-electron chi connectivity index (χ1n) is 7.10. The standard InChI is InChI=1S/C15H24N4S/c1-9-10(2)17-18-14(12(9)13(16)20)19-7-6-11(8-19)15(3,4)5/h11H,6-8H2,1-5H3,(H2,16,20). The summed E-state index contributed by atoms with van der Waals surface area (Å²) in [5.74, 6) is 1.51. The molecule has 5 heteroatoms. The SMILES string of the molecule is Cc1nnc(N2CCC(C(C)(C)C)C2)c(C(N)=S)c1C. The van der Waals surface area contributed by atoms with Gasteiger partial charge in [-0.25, -0.2) is 0 Å². The number of hydrogen-bond acceptors (Lipinski definition) is 4. The molecule has 2 N–H and O–H groups in total. The number of rotatable bonds is 2. The first-order valence-corrected chi connectivity index (χ1v) is 7.51. The van der Waals surface area contributed by atoms with E-state index >= 15 is 0 Å². The third kappa shape index (κ3) is 2.77. The van der Waals surface area contributed by atoms with Crippen molar-refractivity contribution in [2.24, 2.45) is 17.1 Å². The second-order valence-corrected chi connectivity index (χ2v) is 7.21. The molecule has 0 amide bonds. The monoisotopic (exact) mass is 292 g/mol. The summed E-state index contributed by atoms with van der Waals surface area (Å²) < 4.78 is 0. The van der Waals surface area contributed by atoms with Crippen LogP contribution in [0.2, 0.25) is 0 Å². The van der Waals surface area contributed by atoms with E-state index in [1.165, 1.54) is 6.42 Å². The largest absolute Gasteiger partial charge is 0.389 e. The number of nitrogens with two attached hydrogens (primary N) is 1. The van der Waals surface area contributed by atoms with Crippen LogP contribution in [0.25, 0.3) is 0 Å². The minimum atomic E-state index is 0.311. The normalized spacial score (nSPS) is 19.4. The van der Waals surface area contributed by atoms with Crippen LogP contribution in [0.5, 0.6) is 0 Å². The molecule has 4 nitrogen and oxygen atoms in total. The van der Waals surface area contributed by atoms with Gasteiger partial charge in [0.15, 0.2) is 5.82 Å². The van der Waals surface area contributed by atoms with E-state index < -0.39 is 0 Å². The Morgan fingerprint density at radius 2 is 1.95 bits per heavy atom. The van der Waals surface area contributed by atoms with E-state index in [0.717, 1.165) is 35.7 Å². The molecule has 1 aromatic rings. The van der Waals surface area contributed by atoms with Gasteiger partial charge in [-0.1, -0.05) is 33.0 Å². The van der Waals surface area contributed by atoms with E-state index in [9.17, 15) is 0 Å². The number of aryl methyl sites for hydroxylation is 1. The van der Waals surface area contributed by atoms with E-state index in [4.69, 9.17) is 18.0 Å². The second-order valence-electron chi connectivity index (χ2n) is 6.77. The van der Waals surface area contributed by atoms with Crippen LogP contribution in [0.15, 0.2) is 0 Å². The second kappa shape index (κ2) is 5.28. The first-order chi connectivity index (χ1) is 9.21. The van der Waals surface area contributed by atoms with Gasteiger partial charge in [-0.15, -0.1) is 5.10 Å². The average Bonchev–Trinajstić information content (AvgIpc) is 2.80. The van der Waals surface area contributed by atoms with Gasteiger partial charge in [0.1, 0.15) is 4.99 Å². The van der Waals surface area contributed by atoms with Crippen LogP contribution in [0.4, 0.5) is 5.82 Å². The van der Waals surface area contributed by atoms with Crippen LogP contribution in [0, 0.1) is 25.2 Å². The van der Waals surface area contributed by atoms with Gasteiger partial charge in [0.05, 0.1) is 11.3 Å². The van der Waals surface area contributed by atoms with Gasteiger partial charge in [-0.3, -0.25) is 0 Å². The molecule has 0 bridgehead atoms. The molecule has 1 atom stereocenters. The van der Waals surface area contributed by atoms with Gasteiger partial charge in [0.2, 0.25) is 0 Å². The summed E-state index contributed by atoms with van der Waals surface area (Å²) in [6.45, 7) is 12.8. The molecular formula is C15H24N4S. The highest BCUT2D eigenvalue weighted by Crippen LogP contribution is 2.36. The molecule has 2 rings (SSSR count). The molecule has 20 heavy (non-hydrogen) atoms. The topological polar surface area (TPSA) is 55.0 Å². The zero-order valence-corrected chi connectivity index (χ0v) is 13.8. The molecule has 1 saturated heterocycles. The summed E-state index contributed by atoms with van der Waals surface area (Å²) in [7, 11) is 0. The van der Waals surface area contributed by atoms with Crippen molar-refractivity contribution in [3.8, 4) is 0 Å². The lowest BCUT2D eigenvalue weighted by Crippen LogP contribution is -2.29. The van der Waals surface area contributed by atoms with Crippen molar-refractivity contribution < 1.29 is 0 Å². The van der Waals surface area contributed by atoms with Crippen molar-refractivity contribution in [3.05, 3.63) is 16.8 Å². The van der Waals surface area contributed by atoms with Crippen LogP contribution in [0.1, 0.15) is 44.0 Å². The molecule has 1 aliphatic heterocycles. The highest BCUT2D eigenvalue weighted by molar-refractivity contribution is 7.80. The summed E-state index contributed by atoms with van der Waals surface area (Å²) in [6.07, 6.45) is 1.18. The van der Waals surface area contributed by atoms with Crippen LogP contribution in [0.3, 0.4) is 0 Å². The molecular weight excluding hydrogens is 268 g/mol. The summed E-state index contributed by atoms with van der Waals surface area (Å²) in [5, 5.41) is 8.61. The predicted octanol–water partition coefficient (Wildman–Crippen LogP) is 2.60. The Labute approximate surface area is 126 Å². The van der Waals surface area contributed by atoms with Gasteiger partial charge in [0.25, 0.3) is 0 Å². The third-order valence-electron chi connectivity index (χ3n) is 4.39. The highest BCUT2D eigenvalue weighted by atomic mass is 32.1. The number of hydrogen-bond donors (Lipinski definition) is 1. The quantitative estimate of drug-likeness (QED) is 0.849. The summed E-state index contributed by atoms with van der Waals surface area (Å²) in [4.78, 5) is 2.69. The van der Waals surface area contributed by atoms with E-state index in [-0.39, 0.29) is 0 Å². The minimum Gasteiger partial charge on any atom is -0.389 e. The maximum Gasteiger partial charge on any atom is 0.161 e. The van der Waals surface area contributed by atoms with Crippen molar-refractivity contribution in [1.29, 1.82) is 0 Å². The molecule has 1 aromatic heterocycles. The van der Waals surface area contributed by atoms with Crippen molar-refractivity contribution in [3.63, 3.8) is 0 Å². The Hall–Kier alpha value is -1.23. The van der Waals surface area contributed by atoms with Crippen LogP contribution >= 0.6 is 12.2 Å². The molecule has 1 fully saturated rings. The Bertz CT molecular complexity index is 533. The first kappa shape index (κ1) is 15.2. The maximum absolute atomic E-state index is 5.91. The zero-order chi connectivity index (χ0) is 15.1. The van der Waals surface area contributed by atoms with E-state index in [2.05, 4.69) is 35.9 Å². The molecule has 110 valence electrons. The van der Waals surface area contributed by atoms with Crippen LogP contribution in [-0.2, 0) is 0 Å². The van der Waals surface area contributed by atoms with Gasteiger partial charge < -0.3 is 10.6 Å². The number of aromatic nitrogens is 2. The lowest BCUT2D eigenvalue weighted by Gasteiger charge is -2.27. The van der Waals surface area contributed by atoms with Gasteiger partial charge in [-0.05, 0) is 37.2 Å². The molecule has 0 aliphatic carbocycles. The zero-order valence-electron chi connectivity index (χ0n) is 13.0. The Morgan fingerprint density at radius 3 is 2.45 bits per heavy atom. The minimum absolute atomic E-state index is 0.311. The van der Waals surface area contributed by atoms with Crippen molar-refractivity contribution in [1.82, 2.24) is 10.2 Å². The van der Waals surface area contributed by atoms with Gasteiger partial charge >= 0.3 is 0 Å². The molecule has 2 heterocycles. The number of anilines is 1. The van der Waals surface area contributed by atoms with Gasteiger partial charge in [0, 0.05) is 13.1 Å². The van der Waals surface area contributed by atoms with E-state index in [1.54, 1.807) is 0 Å². The van der Waals surface area contributed by atoms with Crippen molar-refractivity contribution in [2.45, 2.75) is 41.0 Å². The molecule has 0 spiro atoms. The van der Waals surface area contributed by atoms with E-state index in [1.807, 2.05) is 13.8 Å². The summed E-state index contributed by atoms with van der Waals surface area (Å²) in [6, 6.07) is 0. The Morgan fingerprint density at radius 1 is 1.30 bits per heavy atom. The summed E-state index contributed by atoms with van der Waals surface area (Å²) in [5.41, 5.74) is 9.05. The summed E-state index contributed by atoms with van der Waals surface area (Å²) >= 11 is 5.22. The fraction of sp³-hybridized carbons (Fsp3) is 0.667. The van der Waals surface area contributed by atoms with Crippen LogP contribution in [-0.4, -0.2) is 28.3 Å². The smallest absolute Gasteiger partial charge is 0.161 e. The Kier molecular flexibility index (Phi) is 4.00. The maximum atomic E-state index is 5.91. The van der Waals surface area contributed by atoms with Gasteiger partial charge in [-0.2, -0.15) is 5.10 Å². The Balaban J connectivity index is 2.36. The fourth-order valence-electron chi connectivity index (χ4n) is 2.77.